The highest BCUT2D eigenvalue weighted by molar-refractivity contribution is 4.67. The molecule has 3 heteroatoms. The van der Waals surface area contributed by atoms with E-state index in [1.807, 2.05) is 6.92 Å². The molecule has 0 radical (unpaired) electrons. The SMILES string of the molecule is CCOCCN(CC)C(C)CCNC(C)C. The Morgan fingerprint density at radius 2 is 1.88 bits per heavy atom. The van der Waals surface area contributed by atoms with Gasteiger partial charge in [0.15, 0.2) is 0 Å². The van der Waals surface area contributed by atoms with E-state index in [-0.39, 0.29) is 0 Å². The summed E-state index contributed by atoms with van der Waals surface area (Å²) in [5.41, 5.74) is 0. The zero-order chi connectivity index (χ0) is 12.4. The Labute approximate surface area is 102 Å². The number of nitrogens with one attached hydrogen (secondary N) is 1. The second-order valence-electron chi connectivity index (χ2n) is 4.57. The second kappa shape index (κ2) is 10.1. The van der Waals surface area contributed by atoms with E-state index in [4.69, 9.17) is 4.74 Å². The molecule has 0 aromatic rings. The number of hydrogen-bond acceptors (Lipinski definition) is 3. The van der Waals surface area contributed by atoms with Gasteiger partial charge in [0.05, 0.1) is 6.61 Å². The molecule has 1 unspecified atom stereocenters. The summed E-state index contributed by atoms with van der Waals surface area (Å²) in [7, 11) is 0. The summed E-state index contributed by atoms with van der Waals surface area (Å²) < 4.78 is 5.40. The van der Waals surface area contributed by atoms with Crippen LogP contribution in [0.4, 0.5) is 0 Å². The molecule has 1 atom stereocenters. The van der Waals surface area contributed by atoms with Crippen LogP contribution in [0.2, 0.25) is 0 Å². The topological polar surface area (TPSA) is 24.5 Å². The van der Waals surface area contributed by atoms with E-state index < -0.39 is 0 Å². The van der Waals surface area contributed by atoms with Crippen LogP contribution in [-0.2, 0) is 4.74 Å². The van der Waals surface area contributed by atoms with Gasteiger partial charge in [-0.15, -0.1) is 0 Å². The zero-order valence-electron chi connectivity index (χ0n) is 11.8. The van der Waals surface area contributed by atoms with Gasteiger partial charge in [0.1, 0.15) is 0 Å². The molecule has 0 saturated heterocycles. The van der Waals surface area contributed by atoms with Gasteiger partial charge in [0.2, 0.25) is 0 Å². The van der Waals surface area contributed by atoms with Crippen LogP contribution in [0.3, 0.4) is 0 Å². The summed E-state index contributed by atoms with van der Waals surface area (Å²) in [5, 5.41) is 3.46. The molecule has 0 aliphatic heterocycles. The lowest BCUT2D eigenvalue weighted by Crippen LogP contribution is -2.38. The van der Waals surface area contributed by atoms with Crippen molar-refractivity contribution >= 4 is 0 Å². The summed E-state index contributed by atoms with van der Waals surface area (Å²) in [6.07, 6.45) is 1.21. The zero-order valence-corrected chi connectivity index (χ0v) is 11.8. The van der Waals surface area contributed by atoms with Crippen LogP contribution in [0.25, 0.3) is 0 Å². The normalized spacial score (nSPS) is 13.7. The van der Waals surface area contributed by atoms with Crippen molar-refractivity contribution in [1.82, 2.24) is 10.2 Å². The van der Waals surface area contributed by atoms with Gasteiger partial charge >= 0.3 is 0 Å². The van der Waals surface area contributed by atoms with Crippen molar-refractivity contribution in [3.8, 4) is 0 Å². The van der Waals surface area contributed by atoms with Crippen LogP contribution >= 0.6 is 0 Å². The van der Waals surface area contributed by atoms with Gasteiger partial charge < -0.3 is 10.1 Å². The van der Waals surface area contributed by atoms with E-state index in [1.165, 1.54) is 6.42 Å². The molecular weight excluding hydrogens is 200 g/mol. The molecule has 16 heavy (non-hydrogen) atoms. The molecule has 98 valence electrons. The molecule has 1 N–H and O–H groups in total. The molecule has 0 saturated carbocycles. The molecule has 0 rings (SSSR count). The predicted molar refractivity (Wildman–Crippen MR) is 71.0 cm³/mol. The Morgan fingerprint density at radius 3 is 2.38 bits per heavy atom. The predicted octanol–water partition coefficient (Wildman–Crippen LogP) is 2.12. The van der Waals surface area contributed by atoms with E-state index in [9.17, 15) is 0 Å². The molecule has 0 bridgehead atoms. The van der Waals surface area contributed by atoms with Gasteiger partial charge in [-0.3, -0.25) is 4.90 Å². The highest BCUT2D eigenvalue weighted by Crippen LogP contribution is 2.02. The maximum Gasteiger partial charge on any atom is 0.0593 e. The first-order chi connectivity index (χ1) is 7.61. The van der Waals surface area contributed by atoms with Gasteiger partial charge in [0.25, 0.3) is 0 Å². The first-order valence-corrected chi connectivity index (χ1v) is 6.66. The van der Waals surface area contributed by atoms with Crippen molar-refractivity contribution in [3.63, 3.8) is 0 Å². The van der Waals surface area contributed by atoms with E-state index in [1.54, 1.807) is 0 Å². The lowest BCUT2D eigenvalue weighted by Gasteiger charge is -2.28. The van der Waals surface area contributed by atoms with Gasteiger partial charge in [-0.25, -0.2) is 0 Å². The summed E-state index contributed by atoms with van der Waals surface area (Å²) in [6, 6.07) is 1.22. The summed E-state index contributed by atoms with van der Waals surface area (Å²) in [4.78, 5) is 2.48. The van der Waals surface area contributed by atoms with Crippen LogP contribution in [0.5, 0.6) is 0 Å². The van der Waals surface area contributed by atoms with Crippen LogP contribution in [0.15, 0.2) is 0 Å². The van der Waals surface area contributed by atoms with Crippen LogP contribution < -0.4 is 5.32 Å². The summed E-state index contributed by atoms with van der Waals surface area (Å²) >= 11 is 0. The minimum atomic E-state index is 0.589. The van der Waals surface area contributed by atoms with Crippen LogP contribution in [0.1, 0.15) is 41.0 Å². The molecule has 0 aromatic carbocycles. The molecule has 0 amide bonds. The molecular formula is C13H30N2O. The maximum atomic E-state index is 5.40. The Balaban J connectivity index is 3.68. The molecule has 0 aliphatic rings. The third-order valence-corrected chi connectivity index (χ3v) is 2.87. The maximum absolute atomic E-state index is 5.40. The van der Waals surface area contributed by atoms with E-state index in [0.29, 0.717) is 12.1 Å². The Morgan fingerprint density at radius 1 is 1.19 bits per heavy atom. The van der Waals surface area contributed by atoms with Crippen LogP contribution in [0, 0.1) is 0 Å². The van der Waals surface area contributed by atoms with Crippen molar-refractivity contribution < 1.29 is 4.74 Å². The van der Waals surface area contributed by atoms with Gasteiger partial charge in [-0.05, 0) is 33.4 Å². The minimum absolute atomic E-state index is 0.589. The van der Waals surface area contributed by atoms with Crippen LogP contribution in [-0.4, -0.2) is 49.8 Å². The third-order valence-electron chi connectivity index (χ3n) is 2.87. The number of ether oxygens (including phenoxy) is 1. The van der Waals surface area contributed by atoms with Crippen molar-refractivity contribution in [2.75, 3.05) is 32.8 Å². The van der Waals surface area contributed by atoms with Gasteiger partial charge in [0, 0.05) is 25.2 Å². The van der Waals surface area contributed by atoms with E-state index in [2.05, 4.69) is 37.9 Å². The highest BCUT2D eigenvalue weighted by Gasteiger charge is 2.11. The van der Waals surface area contributed by atoms with Gasteiger partial charge in [-0.2, -0.15) is 0 Å². The van der Waals surface area contributed by atoms with E-state index in [0.717, 1.165) is 32.8 Å². The largest absolute Gasteiger partial charge is 0.380 e. The Bertz CT molecular complexity index is 151. The first-order valence-electron chi connectivity index (χ1n) is 6.66. The number of nitrogens with zero attached hydrogens (tertiary/aromatic N) is 1. The Kier molecular flexibility index (Phi) is 9.99. The van der Waals surface area contributed by atoms with Gasteiger partial charge in [-0.1, -0.05) is 20.8 Å². The molecule has 0 fully saturated rings. The summed E-state index contributed by atoms with van der Waals surface area (Å²) in [6.45, 7) is 15.9. The second-order valence-corrected chi connectivity index (χ2v) is 4.57. The van der Waals surface area contributed by atoms with Crippen molar-refractivity contribution in [2.24, 2.45) is 0 Å². The molecule has 0 aromatic heterocycles. The quantitative estimate of drug-likeness (QED) is 0.582. The fourth-order valence-corrected chi connectivity index (χ4v) is 1.78. The van der Waals surface area contributed by atoms with E-state index >= 15 is 0 Å². The monoisotopic (exact) mass is 230 g/mol. The third kappa shape index (κ3) is 8.08. The number of likely N-dealkylation sites (N-methyl/N-ethyl adjacent to an activating group) is 1. The molecule has 3 nitrogen and oxygen atoms in total. The Hall–Kier alpha value is -0.120. The van der Waals surface area contributed by atoms with Crippen molar-refractivity contribution in [2.45, 2.75) is 53.1 Å². The average Bonchev–Trinajstić information content (AvgIpc) is 2.23. The van der Waals surface area contributed by atoms with Crippen molar-refractivity contribution in [1.29, 1.82) is 0 Å². The molecule has 0 spiro atoms. The minimum Gasteiger partial charge on any atom is -0.380 e. The standard InChI is InChI=1S/C13H30N2O/c1-6-15(10-11-16-7-2)13(5)8-9-14-12(3)4/h12-14H,6-11H2,1-5H3. The number of rotatable bonds is 10. The summed E-state index contributed by atoms with van der Waals surface area (Å²) in [5.74, 6) is 0. The molecule has 0 aliphatic carbocycles. The fourth-order valence-electron chi connectivity index (χ4n) is 1.78. The lowest BCUT2D eigenvalue weighted by atomic mass is 10.2. The fraction of sp³-hybridized carbons (Fsp3) is 1.00. The first kappa shape index (κ1) is 15.9. The highest BCUT2D eigenvalue weighted by atomic mass is 16.5. The lowest BCUT2D eigenvalue weighted by molar-refractivity contribution is 0.0981. The number of hydrogen-bond donors (Lipinski definition) is 1. The van der Waals surface area contributed by atoms with Crippen molar-refractivity contribution in [3.05, 3.63) is 0 Å². The molecule has 0 heterocycles. The smallest absolute Gasteiger partial charge is 0.0593 e. The average molecular weight is 230 g/mol.